The zero-order chi connectivity index (χ0) is 18.4. The van der Waals surface area contributed by atoms with Crippen molar-refractivity contribution in [2.45, 2.75) is 26.9 Å². The van der Waals surface area contributed by atoms with Crippen LogP contribution in [0.3, 0.4) is 0 Å². The van der Waals surface area contributed by atoms with Gasteiger partial charge in [-0.15, -0.1) is 6.54 Å². The zero-order valence-corrected chi connectivity index (χ0v) is 17.0. The van der Waals surface area contributed by atoms with E-state index in [-0.39, 0.29) is 62.0 Å². The van der Waals surface area contributed by atoms with E-state index in [9.17, 15) is 17.6 Å². The standard InChI is InChI=1S/C16H14F4N5.Y/c1-8-4-9(2)12(11(17)5-8)13-10(3)24-15-22-7-23-25(15)14(13)21-6-16(18,19)20;/h4-7,21H,1-3H3;/q-1;. The number of benzene rings is 1. The molecule has 3 aromatic rings. The second kappa shape index (κ2) is 7.56. The van der Waals surface area contributed by atoms with Gasteiger partial charge in [0.2, 0.25) is 0 Å². The molecule has 0 aliphatic carbocycles. The van der Waals surface area contributed by atoms with Crippen LogP contribution in [0.4, 0.5) is 23.4 Å². The fourth-order valence-corrected chi connectivity index (χ4v) is 2.77. The van der Waals surface area contributed by atoms with Crippen molar-refractivity contribution in [2.24, 2.45) is 0 Å². The van der Waals surface area contributed by atoms with Crippen molar-refractivity contribution in [3.05, 3.63) is 47.6 Å². The largest absolute Gasteiger partial charge is 0.511 e. The van der Waals surface area contributed by atoms with Crippen LogP contribution in [0.2, 0.25) is 0 Å². The topological polar surface area (TPSA) is 55.1 Å². The molecule has 1 N–H and O–H groups in total. The molecule has 0 atom stereocenters. The van der Waals surface area contributed by atoms with Crippen LogP contribution in [0, 0.1) is 33.1 Å². The molecule has 5 nitrogen and oxygen atoms in total. The smallest absolute Gasteiger partial charge is 0.286 e. The van der Waals surface area contributed by atoms with Crippen molar-refractivity contribution in [1.82, 2.24) is 19.6 Å². The number of aromatic nitrogens is 4. The summed E-state index contributed by atoms with van der Waals surface area (Å²) in [4.78, 5) is 8.10. The van der Waals surface area contributed by atoms with E-state index in [4.69, 9.17) is 0 Å². The van der Waals surface area contributed by atoms with Crippen LogP contribution in [-0.2, 0) is 32.7 Å². The SMILES string of the molecule is Cc1cc(C)c(-c2c(C)nc3ncnn3c2N[CH-]C(F)(F)F)c(F)c1.[Y]. The molecule has 10 heteroatoms. The summed E-state index contributed by atoms with van der Waals surface area (Å²) < 4.78 is 53.7. The molecule has 0 unspecified atom stereocenters. The number of hydrogen-bond acceptors (Lipinski definition) is 4. The van der Waals surface area contributed by atoms with Gasteiger partial charge in [0.1, 0.15) is 18.0 Å². The molecule has 3 rings (SSSR count). The molecular formula is C16H14F4N5Y-. The van der Waals surface area contributed by atoms with Crippen molar-refractivity contribution < 1.29 is 50.3 Å². The molecule has 0 saturated heterocycles. The average Bonchev–Trinajstić information content (AvgIpc) is 2.92. The molecule has 0 spiro atoms. The van der Waals surface area contributed by atoms with Crippen molar-refractivity contribution >= 4 is 11.6 Å². The summed E-state index contributed by atoms with van der Waals surface area (Å²) >= 11 is 0. The summed E-state index contributed by atoms with van der Waals surface area (Å²) in [7, 11) is 0. The van der Waals surface area contributed by atoms with E-state index in [1.165, 1.54) is 12.4 Å². The monoisotopic (exact) mass is 441 g/mol. The molecule has 1 radical (unpaired) electrons. The number of alkyl halides is 3. The predicted molar refractivity (Wildman–Crippen MR) is 84.4 cm³/mol. The van der Waals surface area contributed by atoms with Gasteiger partial charge >= 0.3 is 0 Å². The Bertz CT molecular complexity index is 929. The number of aryl methyl sites for hydroxylation is 3. The number of nitrogens with one attached hydrogen (secondary N) is 1. The van der Waals surface area contributed by atoms with Gasteiger partial charge in [-0.1, -0.05) is 6.07 Å². The van der Waals surface area contributed by atoms with Gasteiger partial charge < -0.3 is 5.32 Å². The van der Waals surface area contributed by atoms with E-state index in [1.54, 1.807) is 26.8 Å². The number of fused-ring (bicyclic) bond motifs is 1. The number of hydrogen-bond donors (Lipinski definition) is 1. The Morgan fingerprint density at radius 2 is 1.81 bits per heavy atom. The van der Waals surface area contributed by atoms with Gasteiger partial charge in [0, 0.05) is 43.8 Å². The van der Waals surface area contributed by atoms with Gasteiger partial charge in [-0.05, 0) is 38.0 Å². The van der Waals surface area contributed by atoms with Gasteiger partial charge in [-0.2, -0.15) is 14.6 Å². The summed E-state index contributed by atoms with van der Waals surface area (Å²) in [6.07, 6.45) is -3.40. The molecule has 0 saturated carbocycles. The molecule has 2 heterocycles. The Hall–Kier alpha value is -1.61. The zero-order valence-electron chi connectivity index (χ0n) is 14.2. The van der Waals surface area contributed by atoms with Crippen LogP contribution in [0.1, 0.15) is 16.8 Å². The van der Waals surface area contributed by atoms with E-state index in [0.717, 1.165) is 4.52 Å². The van der Waals surface area contributed by atoms with E-state index < -0.39 is 12.0 Å². The van der Waals surface area contributed by atoms with Crippen LogP contribution >= 0.6 is 0 Å². The van der Waals surface area contributed by atoms with E-state index in [2.05, 4.69) is 20.4 Å². The third-order valence-electron chi connectivity index (χ3n) is 3.66. The Balaban J connectivity index is 0.00000243. The molecule has 0 amide bonds. The first-order chi connectivity index (χ1) is 11.7. The fraction of sp³-hybridized carbons (Fsp3) is 0.250. The Labute approximate surface area is 172 Å². The average molecular weight is 441 g/mol. The third-order valence-corrected chi connectivity index (χ3v) is 3.66. The first-order valence-corrected chi connectivity index (χ1v) is 7.32. The number of anilines is 1. The van der Waals surface area contributed by atoms with Gasteiger partial charge in [-0.3, -0.25) is 0 Å². The first-order valence-electron chi connectivity index (χ1n) is 7.32. The first kappa shape index (κ1) is 20.7. The van der Waals surface area contributed by atoms with Crippen LogP contribution in [0.5, 0.6) is 0 Å². The van der Waals surface area contributed by atoms with Crippen molar-refractivity contribution in [1.29, 1.82) is 0 Å². The number of rotatable bonds is 3. The maximum Gasteiger partial charge on any atom is 0.286 e. The molecule has 0 fully saturated rings. The molecule has 26 heavy (non-hydrogen) atoms. The summed E-state index contributed by atoms with van der Waals surface area (Å²) in [6, 6.07) is 3.07. The minimum atomic E-state index is -4.57. The van der Waals surface area contributed by atoms with Crippen molar-refractivity contribution in [3.63, 3.8) is 0 Å². The predicted octanol–water partition coefficient (Wildman–Crippen LogP) is 3.99. The minimum Gasteiger partial charge on any atom is -0.511 e. The van der Waals surface area contributed by atoms with E-state index >= 15 is 0 Å². The summed E-state index contributed by atoms with van der Waals surface area (Å²) in [5, 5.41) is 6.09. The van der Waals surface area contributed by atoms with Crippen LogP contribution in [0.25, 0.3) is 16.9 Å². The maximum absolute atomic E-state index is 14.6. The van der Waals surface area contributed by atoms with Gasteiger partial charge in [0.25, 0.3) is 12.0 Å². The normalized spacial score (nSPS) is 11.5. The Morgan fingerprint density at radius 3 is 2.42 bits per heavy atom. The van der Waals surface area contributed by atoms with Crippen LogP contribution in [-0.4, -0.2) is 25.8 Å². The molecule has 0 aliphatic rings. The molecule has 0 aliphatic heterocycles. The van der Waals surface area contributed by atoms with E-state index in [0.29, 0.717) is 16.8 Å². The van der Waals surface area contributed by atoms with Crippen molar-refractivity contribution in [2.75, 3.05) is 5.32 Å². The van der Waals surface area contributed by atoms with E-state index in [1.807, 2.05) is 0 Å². The molecule has 135 valence electrons. The molecule has 2 aromatic heterocycles. The van der Waals surface area contributed by atoms with Crippen LogP contribution < -0.4 is 5.32 Å². The number of halogens is 4. The summed E-state index contributed by atoms with van der Waals surface area (Å²) in [5.74, 6) is -0.482. The van der Waals surface area contributed by atoms with Gasteiger partial charge in [0.15, 0.2) is 0 Å². The molecule has 1 aromatic carbocycles. The van der Waals surface area contributed by atoms with Gasteiger partial charge in [0.05, 0.1) is 5.69 Å². The molecular weight excluding hydrogens is 427 g/mol. The Morgan fingerprint density at radius 1 is 1.12 bits per heavy atom. The summed E-state index contributed by atoms with van der Waals surface area (Å²) in [5.41, 5.74) is 2.00. The second-order valence-electron chi connectivity index (χ2n) is 5.66. The van der Waals surface area contributed by atoms with Crippen LogP contribution in [0.15, 0.2) is 18.5 Å². The quantitative estimate of drug-likeness (QED) is 0.494. The maximum atomic E-state index is 14.6. The van der Waals surface area contributed by atoms with Gasteiger partial charge in [-0.25, -0.2) is 22.5 Å². The van der Waals surface area contributed by atoms with Crippen molar-refractivity contribution in [3.8, 4) is 11.1 Å². The molecule has 0 bridgehead atoms. The fourth-order valence-electron chi connectivity index (χ4n) is 2.77. The Kier molecular flexibility index (Phi) is 6.02. The summed E-state index contributed by atoms with van der Waals surface area (Å²) in [6.45, 7) is 4.98. The third kappa shape index (κ3) is 4.04. The number of nitrogens with zero attached hydrogens (tertiary/aromatic N) is 4. The second-order valence-corrected chi connectivity index (χ2v) is 5.66. The minimum absolute atomic E-state index is 0.